The second-order valence-corrected chi connectivity index (χ2v) is 6.07. The van der Waals surface area contributed by atoms with E-state index in [0.29, 0.717) is 13.1 Å². The Morgan fingerprint density at radius 1 is 1.10 bits per heavy atom. The van der Waals surface area contributed by atoms with Crippen molar-refractivity contribution in [3.63, 3.8) is 0 Å². The molecule has 0 fully saturated rings. The van der Waals surface area contributed by atoms with Crippen molar-refractivity contribution in [3.05, 3.63) is 59.4 Å². The Morgan fingerprint density at radius 2 is 1.76 bits per heavy atom. The summed E-state index contributed by atoms with van der Waals surface area (Å²) in [5.41, 5.74) is 7.76. The largest absolute Gasteiger partial charge is 0.379 e. The Bertz CT molecular complexity index is 748. The van der Waals surface area contributed by atoms with Gasteiger partial charge in [-0.3, -0.25) is 0 Å². The van der Waals surface area contributed by atoms with Crippen LogP contribution in [0.5, 0.6) is 0 Å². The molecule has 0 bridgehead atoms. The van der Waals surface area contributed by atoms with Gasteiger partial charge < -0.3 is 11.1 Å². The maximum Gasteiger partial charge on any atom is 0.238 e. The molecule has 0 unspecified atom stereocenters. The van der Waals surface area contributed by atoms with Crippen molar-refractivity contribution in [2.75, 3.05) is 5.32 Å². The summed E-state index contributed by atoms with van der Waals surface area (Å²) in [6.07, 6.45) is 0. The van der Waals surface area contributed by atoms with E-state index in [1.807, 2.05) is 24.3 Å². The number of halogens is 1. The summed E-state index contributed by atoms with van der Waals surface area (Å²) in [5.74, 6) is -0.674. The van der Waals surface area contributed by atoms with Gasteiger partial charge in [-0.25, -0.2) is 17.9 Å². The zero-order valence-corrected chi connectivity index (χ0v) is 12.0. The second-order valence-electron chi connectivity index (χ2n) is 4.51. The standard InChI is InChI=1S/C14H16FN3O2S/c15-13-7-12(21(17,19)20)5-6-14(13)18-9-11-4-2-1-3-10(11)8-16/h1-7,18H,8-9,16H2,(H2,17,19,20). The van der Waals surface area contributed by atoms with Gasteiger partial charge in [-0.05, 0) is 29.3 Å². The van der Waals surface area contributed by atoms with E-state index in [2.05, 4.69) is 5.32 Å². The number of anilines is 1. The molecule has 0 aliphatic carbocycles. The molecular weight excluding hydrogens is 293 g/mol. The Hall–Kier alpha value is -1.96. The SMILES string of the molecule is NCc1ccccc1CNc1ccc(S(N)(=O)=O)cc1F. The molecule has 0 atom stereocenters. The molecule has 0 amide bonds. The van der Waals surface area contributed by atoms with Crippen LogP contribution in [0, 0.1) is 5.82 Å². The van der Waals surface area contributed by atoms with E-state index >= 15 is 0 Å². The lowest BCUT2D eigenvalue weighted by Crippen LogP contribution is -2.13. The van der Waals surface area contributed by atoms with Gasteiger partial charge in [0.2, 0.25) is 10.0 Å². The maximum atomic E-state index is 13.9. The lowest BCUT2D eigenvalue weighted by molar-refractivity contribution is 0.593. The number of benzene rings is 2. The topological polar surface area (TPSA) is 98.2 Å². The van der Waals surface area contributed by atoms with Crippen molar-refractivity contribution in [1.29, 1.82) is 0 Å². The molecule has 0 aliphatic heterocycles. The lowest BCUT2D eigenvalue weighted by Gasteiger charge is -2.11. The maximum absolute atomic E-state index is 13.9. The fraction of sp³-hybridized carbons (Fsp3) is 0.143. The molecule has 0 heterocycles. The van der Waals surface area contributed by atoms with Crippen molar-refractivity contribution < 1.29 is 12.8 Å². The van der Waals surface area contributed by atoms with Gasteiger partial charge in [-0.15, -0.1) is 0 Å². The summed E-state index contributed by atoms with van der Waals surface area (Å²) in [7, 11) is -3.90. The summed E-state index contributed by atoms with van der Waals surface area (Å²) >= 11 is 0. The molecule has 2 aromatic rings. The van der Waals surface area contributed by atoms with Crippen molar-refractivity contribution in [2.24, 2.45) is 10.9 Å². The third-order valence-corrected chi connectivity index (χ3v) is 3.99. The highest BCUT2D eigenvalue weighted by molar-refractivity contribution is 7.89. The predicted molar refractivity (Wildman–Crippen MR) is 79.4 cm³/mol. The molecule has 2 rings (SSSR count). The Morgan fingerprint density at radius 3 is 2.33 bits per heavy atom. The van der Waals surface area contributed by atoms with Gasteiger partial charge in [0.05, 0.1) is 10.6 Å². The Kier molecular flexibility index (Phi) is 4.56. The molecule has 5 nitrogen and oxygen atoms in total. The van der Waals surface area contributed by atoms with Crippen LogP contribution >= 0.6 is 0 Å². The monoisotopic (exact) mass is 309 g/mol. The average molecular weight is 309 g/mol. The smallest absolute Gasteiger partial charge is 0.238 e. The molecule has 7 heteroatoms. The molecule has 21 heavy (non-hydrogen) atoms. The van der Waals surface area contributed by atoms with E-state index in [1.165, 1.54) is 12.1 Å². The molecule has 0 aromatic heterocycles. The first-order valence-corrected chi connectivity index (χ1v) is 7.79. The number of nitrogens with two attached hydrogens (primary N) is 2. The van der Waals surface area contributed by atoms with Gasteiger partial charge >= 0.3 is 0 Å². The Labute approximate surface area is 122 Å². The van der Waals surface area contributed by atoms with E-state index in [1.54, 1.807) is 0 Å². The molecule has 2 aromatic carbocycles. The number of rotatable bonds is 5. The van der Waals surface area contributed by atoms with Gasteiger partial charge in [0, 0.05) is 13.1 Å². The van der Waals surface area contributed by atoms with Crippen molar-refractivity contribution >= 4 is 15.7 Å². The molecular formula is C14H16FN3O2S. The lowest BCUT2D eigenvalue weighted by atomic mass is 10.1. The second kappa shape index (κ2) is 6.21. The highest BCUT2D eigenvalue weighted by Gasteiger charge is 2.11. The number of nitrogens with one attached hydrogen (secondary N) is 1. The minimum atomic E-state index is -3.90. The fourth-order valence-electron chi connectivity index (χ4n) is 1.94. The summed E-state index contributed by atoms with van der Waals surface area (Å²) in [6, 6.07) is 11.1. The number of sulfonamides is 1. The zero-order valence-electron chi connectivity index (χ0n) is 11.2. The summed E-state index contributed by atoms with van der Waals surface area (Å²) in [6.45, 7) is 0.781. The van der Waals surface area contributed by atoms with Gasteiger partial charge in [0.15, 0.2) is 0 Å². The van der Waals surface area contributed by atoms with E-state index in [9.17, 15) is 12.8 Å². The first kappa shape index (κ1) is 15.4. The summed E-state index contributed by atoms with van der Waals surface area (Å²) in [4.78, 5) is -0.257. The van der Waals surface area contributed by atoms with E-state index < -0.39 is 15.8 Å². The minimum absolute atomic E-state index is 0.203. The molecule has 0 spiro atoms. The van der Waals surface area contributed by atoms with Crippen molar-refractivity contribution in [2.45, 2.75) is 18.0 Å². The van der Waals surface area contributed by atoms with Gasteiger partial charge in [-0.2, -0.15) is 0 Å². The summed E-state index contributed by atoms with van der Waals surface area (Å²) in [5, 5.41) is 7.87. The highest BCUT2D eigenvalue weighted by atomic mass is 32.2. The average Bonchev–Trinajstić information content (AvgIpc) is 2.45. The van der Waals surface area contributed by atoms with Crippen LogP contribution in [0.25, 0.3) is 0 Å². The van der Waals surface area contributed by atoms with Crippen LogP contribution in [0.4, 0.5) is 10.1 Å². The summed E-state index contributed by atoms with van der Waals surface area (Å²) < 4.78 is 36.1. The molecule has 0 aliphatic rings. The zero-order chi connectivity index (χ0) is 15.5. The van der Waals surface area contributed by atoms with Crippen LogP contribution in [-0.2, 0) is 23.1 Å². The molecule has 5 N–H and O–H groups in total. The number of hydrogen-bond acceptors (Lipinski definition) is 4. The highest BCUT2D eigenvalue weighted by Crippen LogP contribution is 2.19. The van der Waals surface area contributed by atoms with Gasteiger partial charge in [0.1, 0.15) is 5.82 Å². The van der Waals surface area contributed by atoms with Crippen LogP contribution in [0.3, 0.4) is 0 Å². The van der Waals surface area contributed by atoms with Gasteiger partial charge in [0.25, 0.3) is 0 Å². The Balaban J connectivity index is 2.17. The van der Waals surface area contributed by atoms with Crippen LogP contribution in [0.15, 0.2) is 47.4 Å². The van der Waals surface area contributed by atoms with Crippen LogP contribution < -0.4 is 16.2 Å². The quantitative estimate of drug-likeness (QED) is 0.780. The predicted octanol–water partition coefficient (Wildman–Crippen LogP) is 1.54. The van der Waals surface area contributed by atoms with Crippen LogP contribution in [0.2, 0.25) is 0 Å². The van der Waals surface area contributed by atoms with E-state index in [4.69, 9.17) is 10.9 Å². The van der Waals surface area contributed by atoms with Crippen molar-refractivity contribution in [3.8, 4) is 0 Å². The van der Waals surface area contributed by atoms with Crippen LogP contribution in [-0.4, -0.2) is 8.42 Å². The van der Waals surface area contributed by atoms with E-state index in [0.717, 1.165) is 17.2 Å². The third-order valence-electron chi connectivity index (χ3n) is 3.08. The molecule has 0 saturated carbocycles. The molecule has 112 valence electrons. The molecule has 0 saturated heterocycles. The van der Waals surface area contributed by atoms with Gasteiger partial charge in [-0.1, -0.05) is 24.3 Å². The van der Waals surface area contributed by atoms with Crippen LogP contribution in [0.1, 0.15) is 11.1 Å². The number of hydrogen-bond donors (Lipinski definition) is 3. The first-order valence-electron chi connectivity index (χ1n) is 6.25. The third kappa shape index (κ3) is 3.78. The molecule has 0 radical (unpaired) electrons. The first-order chi connectivity index (χ1) is 9.91. The van der Waals surface area contributed by atoms with Crippen molar-refractivity contribution in [1.82, 2.24) is 0 Å². The van der Waals surface area contributed by atoms with E-state index in [-0.39, 0.29) is 10.6 Å². The minimum Gasteiger partial charge on any atom is -0.379 e. The fourth-order valence-corrected chi connectivity index (χ4v) is 2.46. The number of primary sulfonamides is 1. The normalized spacial score (nSPS) is 11.4.